The van der Waals surface area contributed by atoms with Crippen LogP contribution >= 0.6 is 46.5 Å². The zero-order chi connectivity index (χ0) is 19.0. The van der Waals surface area contributed by atoms with Crippen molar-refractivity contribution < 1.29 is 4.74 Å². The molecule has 27 heavy (non-hydrogen) atoms. The third-order valence-corrected chi connectivity index (χ3v) is 7.95. The molecule has 1 aliphatic heterocycles. The summed E-state index contributed by atoms with van der Waals surface area (Å²) in [5.41, 5.74) is 2.53. The number of hydrogen-bond acceptors (Lipinski definition) is 6. The van der Waals surface area contributed by atoms with Crippen molar-refractivity contribution in [3.8, 4) is 0 Å². The number of hydrogen-bond donors (Lipinski definition) is 0. The number of aromatic nitrogens is 2. The maximum Gasteiger partial charge on any atom is 0.189 e. The van der Waals surface area contributed by atoms with E-state index in [2.05, 4.69) is 26.0 Å². The number of fused-ring (bicyclic) bond motifs is 3. The summed E-state index contributed by atoms with van der Waals surface area (Å²) < 4.78 is 6.15. The van der Waals surface area contributed by atoms with Crippen LogP contribution in [0, 0.1) is 0 Å². The molecule has 3 aromatic rings. The quantitative estimate of drug-likeness (QED) is 0.255. The van der Waals surface area contributed by atoms with Crippen molar-refractivity contribution in [2.24, 2.45) is 0 Å². The molecule has 0 saturated heterocycles. The molecule has 0 spiro atoms. The topological polar surface area (TPSA) is 35.0 Å². The maximum atomic E-state index is 6.15. The van der Waals surface area contributed by atoms with Crippen LogP contribution in [0.4, 0.5) is 0 Å². The van der Waals surface area contributed by atoms with E-state index >= 15 is 0 Å². The van der Waals surface area contributed by atoms with Gasteiger partial charge < -0.3 is 4.74 Å². The molecule has 0 radical (unpaired) electrons. The van der Waals surface area contributed by atoms with Gasteiger partial charge in [0.05, 0.1) is 12.2 Å². The van der Waals surface area contributed by atoms with Crippen LogP contribution in [0.25, 0.3) is 10.2 Å². The van der Waals surface area contributed by atoms with Gasteiger partial charge in [0, 0.05) is 27.5 Å². The smallest absolute Gasteiger partial charge is 0.189 e. The molecule has 0 N–H and O–H groups in total. The number of thioether (sulfide) groups is 2. The highest BCUT2D eigenvalue weighted by molar-refractivity contribution is 7.99. The van der Waals surface area contributed by atoms with Crippen molar-refractivity contribution in [1.29, 1.82) is 0 Å². The van der Waals surface area contributed by atoms with Crippen LogP contribution in [-0.4, -0.2) is 21.8 Å². The number of ether oxygens (including phenoxy) is 1. The Bertz CT molecular complexity index is 974. The predicted molar refractivity (Wildman–Crippen MR) is 117 cm³/mol. The lowest BCUT2D eigenvalue weighted by Gasteiger charge is -2.33. The fourth-order valence-corrected chi connectivity index (χ4v) is 5.96. The Morgan fingerprint density at radius 2 is 2.04 bits per heavy atom. The Hall–Kier alpha value is -0.790. The second-order valence-electron chi connectivity index (χ2n) is 6.88. The van der Waals surface area contributed by atoms with Gasteiger partial charge in [-0.3, -0.25) is 0 Å². The van der Waals surface area contributed by atoms with Crippen LogP contribution in [-0.2, 0) is 23.5 Å². The minimum atomic E-state index is -0.0999. The zero-order valence-corrected chi connectivity index (χ0v) is 18.7. The monoisotopic (exact) mass is 436 g/mol. The second-order valence-corrected chi connectivity index (χ2v) is 10.1. The van der Waals surface area contributed by atoms with Crippen molar-refractivity contribution in [3.63, 3.8) is 0 Å². The third-order valence-electron chi connectivity index (χ3n) is 5.00. The van der Waals surface area contributed by atoms with Gasteiger partial charge in [0.25, 0.3) is 0 Å². The number of thiophene rings is 1. The van der Waals surface area contributed by atoms with E-state index in [1.807, 2.05) is 18.4 Å². The minimum Gasteiger partial charge on any atom is -0.369 e. The first-order valence-corrected chi connectivity index (χ1v) is 12.3. The lowest BCUT2D eigenvalue weighted by Crippen LogP contribution is -2.33. The van der Waals surface area contributed by atoms with E-state index in [-0.39, 0.29) is 5.60 Å². The molecular formula is C20H21ClN2OS3. The summed E-state index contributed by atoms with van der Waals surface area (Å²) >= 11 is 11.1. The van der Waals surface area contributed by atoms with Crippen molar-refractivity contribution in [1.82, 2.24) is 9.97 Å². The maximum absolute atomic E-state index is 6.15. The first-order valence-electron chi connectivity index (χ1n) is 8.89. The van der Waals surface area contributed by atoms with Crippen LogP contribution in [0.5, 0.6) is 0 Å². The number of benzene rings is 1. The van der Waals surface area contributed by atoms with E-state index in [1.165, 1.54) is 21.4 Å². The highest BCUT2D eigenvalue weighted by atomic mass is 35.5. The van der Waals surface area contributed by atoms with Gasteiger partial charge in [-0.15, -0.1) is 23.1 Å². The summed E-state index contributed by atoms with van der Waals surface area (Å²) in [6, 6.07) is 8.04. The average molecular weight is 437 g/mol. The first-order chi connectivity index (χ1) is 13.0. The van der Waals surface area contributed by atoms with Crippen LogP contribution in [0.3, 0.4) is 0 Å². The summed E-state index contributed by atoms with van der Waals surface area (Å²) in [4.78, 5) is 12.0. The van der Waals surface area contributed by atoms with Gasteiger partial charge in [0.1, 0.15) is 9.86 Å². The van der Waals surface area contributed by atoms with Crippen molar-refractivity contribution in [3.05, 3.63) is 45.3 Å². The molecule has 0 fully saturated rings. The lowest BCUT2D eigenvalue weighted by atomic mass is 9.90. The molecule has 1 aromatic carbocycles. The standard InChI is InChI=1S/C20H21ClN2OS3/c1-4-20(2)9-14-15(10-24-20)27-18-16(14)17(22-19(23-18)25-3)26-11-12-5-7-13(21)8-6-12/h5-8H,4,9-11H2,1-3H3/t20-/m0/s1. The van der Waals surface area contributed by atoms with Crippen molar-refractivity contribution in [2.45, 2.75) is 54.8 Å². The van der Waals surface area contributed by atoms with E-state index in [1.54, 1.807) is 34.9 Å². The molecule has 1 aliphatic rings. The number of halogens is 1. The summed E-state index contributed by atoms with van der Waals surface area (Å²) in [7, 11) is 0. The number of nitrogens with zero attached hydrogens (tertiary/aromatic N) is 2. The highest BCUT2D eigenvalue weighted by Crippen LogP contribution is 2.43. The Labute approximate surface area is 177 Å². The molecule has 0 unspecified atom stereocenters. The van der Waals surface area contributed by atoms with Crippen LogP contribution in [0.15, 0.2) is 34.4 Å². The van der Waals surface area contributed by atoms with Gasteiger partial charge in [0.2, 0.25) is 0 Å². The van der Waals surface area contributed by atoms with Crippen LogP contribution < -0.4 is 0 Å². The molecular weight excluding hydrogens is 416 g/mol. The molecule has 142 valence electrons. The highest BCUT2D eigenvalue weighted by Gasteiger charge is 2.33. The fraction of sp³-hybridized carbons (Fsp3) is 0.400. The van der Waals surface area contributed by atoms with Gasteiger partial charge in [-0.2, -0.15) is 0 Å². The molecule has 1 atom stereocenters. The van der Waals surface area contributed by atoms with E-state index in [0.29, 0.717) is 6.61 Å². The predicted octanol–water partition coefficient (Wildman–Crippen LogP) is 6.60. The van der Waals surface area contributed by atoms with Crippen LogP contribution in [0.1, 0.15) is 36.3 Å². The molecule has 3 nitrogen and oxygen atoms in total. The summed E-state index contributed by atoms with van der Waals surface area (Å²) in [5, 5.41) is 3.91. The fourth-order valence-electron chi connectivity index (χ4n) is 3.18. The van der Waals surface area contributed by atoms with Crippen molar-refractivity contribution >= 4 is 56.7 Å². The van der Waals surface area contributed by atoms with Crippen molar-refractivity contribution in [2.75, 3.05) is 6.26 Å². The van der Waals surface area contributed by atoms with Gasteiger partial charge in [-0.05, 0) is 42.9 Å². The molecule has 0 aliphatic carbocycles. The molecule has 0 bridgehead atoms. The molecule has 2 aromatic heterocycles. The number of rotatable bonds is 5. The largest absolute Gasteiger partial charge is 0.369 e. The summed E-state index contributed by atoms with van der Waals surface area (Å²) in [5.74, 6) is 0.864. The van der Waals surface area contributed by atoms with E-state index in [0.717, 1.165) is 38.6 Å². The Morgan fingerprint density at radius 3 is 2.74 bits per heavy atom. The minimum absolute atomic E-state index is 0.0999. The normalized spacial score (nSPS) is 19.4. The van der Waals surface area contributed by atoms with Gasteiger partial charge >= 0.3 is 0 Å². The molecule has 0 amide bonds. The van der Waals surface area contributed by atoms with Crippen LogP contribution in [0.2, 0.25) is 5.02 Å². The van der Waals surface area contributed by atoms with Gasteiger partial charge in [0.15, 0.2) is 5.16 Å². The SMILES string of the molecule is CC[C@@]1(C)Cc2c(sc3nc(SC)nc(SCc4ccc(Cl)cc4)c23)CO1. The Morgan fingerprint density at radius 1 is 1.26 bits per heavy atom. The molecule has 3 heterocycles. The Kier molecular flexibility index (Phi) is 5.72. The van der Waals surface area contributed by atoms with E-state index in [9.17, 15) is 0 Å². The second kappa shape index (κ2) is 7.91. The molecule has 4 rings (SSSR count). The summed E-state index contributed by atoms with van der Waals surface area (Å²) in [6.07, 6.45) is 3.95. The molecule has 0 saturated carbocycles. The third kappa shape index (κ3) is 4.01. The Balaban J connectivity index is 1.74. The lowest BCUT2D eigenvalue weighted by molar-refractivity contribution is -0.0543. The summed E-state index contributed by atoms with van der Waals surface area (Å²) in [6.45, 7) is 5.08. The van der Waals surface area contributed by atoms with Gasteiger partial charge in [-0.1, -0.05) is 42.4 Å². The first kappa shape index (κ1) is 19.5. The average Bonchev–Trinajstić information content (AvgIpc) is 3.04. The zero-order valence-electron chi connectivity index (χ0n) is 15.5. The van der Waals surface area contributed by atoms with E-state index < -0.39 is 0 Å². The molecule has 7 heteroatoms. The van der Waals surface area contributed by atoms with E-state index in [4.69, 9.17) is 26.3 Å². The van der Waals surface area contributed by atoms with Gasteiger partial charge in [-0.25, -0.2) is 9.97 Å².